The third-order valence-electron chi connectivity index (χ3n) is 3.10. The van der Waals surface area contributed by atoms with Gasteiger partial charge in [0.15, 0.2) is 0 Å². The van der Waals surface area contributed by atoms with Crippen molar-refractivity contribution in [3.8, 4) is 0 Å². The monoisotopic (exact) mass is 298 g/mol. The molecule has 1 unspecified atom stereocenters. The fraction of sp³-hybridized carbons (Fsp3) is 0.643. The van der Waals surface area contributed by atoms with Crippen molar-refractivity contribution >= 4 is 29.0 Å². The Kier molecular flexibility index (Phi) is 5.30. The summed E-state index contributed by atoms with van der Waals surface area (Å²) in [5.41, 5.74) is 1.41. The lowest BCUT2D eigenvalue weighted by atomic mass is 10.0. The first-order chi connectivity index (χ1) is 9.06. The van der Waals surface area contributed by atoms with E-state index in [1.54, 1.807) is 0 Å². The minimum absolute atomic E-state index is 0.131. The molecule has 2 heterocycles. The molecule has 5 heteroatoms. The van der Waals surface area contributed by atoms with Gasteiger partial charge in [-0.25, -0.2) is 0 Å². The van der Waals surface area contributed by atoms with Crippen LogP contribution in [0.4, 0.5) is 0 Å². The molecular weight excluding hydrogens is 276 g/mol. The molecule has 0 spiro atoms. The van der Waals surface area contributed by atoms with Crippen molar-refractivity contribution < 1.29 is 4.79 Å². The van der Waals surface area contributed by atoms with Crippen LogP contribution in [0.25, 0.3) is 0 Å². The molecule has 1 aliphatic rings. The van der Waals surface area contributed by atoms with Gasteiger partial charge in [-0.15, -0.1) is 23.1 Å². The molecule has 106 valence electrons. The van der Waals surface area contributed by atoms with Crippen LogP contribution in [0, 0.1) is 0 Å². The largest absolute Gasteiger partial charge is 0.354 e. The van der Waals surface area contributed by atoms with Crippen molar-refractivity contribution in [1.82, 2.24) is 10.6 Å². The Hall–Kier alpha value is -0.520. The summed E-state index contributed by atoms with van der Waals surface area (Å²) in [6.45, 7) is 7.00. The number of hydrogen-bond acceptors (Lipinski definition) is 4. The van der Waals surface area contributed by atoms with Crippen LogP contribution in [0.1, 0.15) is 45.2 Å². The number of thioether (sulfide) groups is 1. The topological polar surface area (TPSA) is 41.1 Å². The number of carbonyl (C=O) groups excluding carboxylic acids is 1. The number of nitrogens with one attached hydrogen (secondary N) is 2. The molecule has 2 N–H and O–H groups in total. The fourth-order valence-electron chi connectivity index (χ4n) is 2.30. The maximum Gasteiger partial charge on any atom is 0.221 e. The molecule has 0 fully saturated rings. The summed E-state index contributed by atoms with van der Waals surface area (Å²) in [4.78, 5) is 11.6. The first-order valence-electron chi connectivity index (χ1n) is 6.83. The Balaban J connectivity index is 1.82. The van der Waals surface area contributed by atoms with Crippen molar-refractivity contribution in [3.63, 3.8) is 0 Å². The second kappa shape index (κ2) is 6.77. The molecule has 0 saturated carbocycles. The number of fused-ring (bicyclic) bond motifs is 1. The van der Waals surface area contributed by atoms with E-state index in [2.05, 4.69) is 29.0 Å². The predicted octanol–water partition coefficient (Wildman–Crippen LogP) is 3.18. The number of hydrogen-bond donors (Lipinski definition) is 2. The zero-order valence-electron chi connectivity index (χ0n) is 11.7. The van der Waals surface area contributed by atoms with Crippen LogP contribution in [-0.2, 0) is 4.79 Å². The van der Waals surface area contributed by atoms with Crippen molar-refractivity contribution in [3.05, 3.63) is 17.0 Å². The molecule has 2 rings (SSSR count). The van der Waals surface area contributed by atoms with E-state index >= 15 is 0 Å². The Morgan fingerprint density at radius 2 is 2.32 bits per heavy atom. The van der Waals surface area contributed by atoms with E-state index in [0.717, 1.165) is 13.0 Å². The van der Waals surface area contributed by atoms with E-state index < -0.39 is 0 Å². The number of carbonyl (C=O) groups is 1. The summed E-state index contributed by atoms with van der Waals surface area (Å²) in [5.74, 6) is 0.131. The third-order valence-corrected chi connectivity index (χ3v) is 5.45. The van der Waals surface area contributed by atoms with Gasteiger partial charge in [0.05, 0.1) is 4.21 Å². The molecule has 2 atom stereocenters. The summed E-state index contributed by atoms with van der Waals surface area (Å²) in [6, 6.07) is 2.84. The van der Waals surface area contributed by atoms with Gasteiger partial charge in [0.25, 0.3) is 0 Å². The van der Waals surface area contributed by atoms with Crippen LogP contribution in [0.15, 0.2) is 15.7 Å². The molecule has 0 aliphatic carbocycles. The molecule has 1 amide bonds. The van der Waals surface area contributed by atoms with Gasteiger partial charge < -0.3 is 10.6 Å². The van der Waals surface area contributed by atoms with E-state index in [9.17, 15) is 4.79 Å². The van der Waals surface area contributed by atoms with E-state index in [0.29, 0.717) is 17.7 Å². The Morgan fingerprint density at radius 3 is 3.05 bits per heavy atom. The van der Waals surface area contributed by atoms with Gasteiger partial charge in [0, 0.05) is 30.3 Å². The van der Waals surface area contributed by atoms with Gasteiger partial charge in [-0.3, -0.25) is 4.79 Å². The van der Waals surface area contributed by atoms with Crippen LogP contribution >= 0.6 is 23.1 Å². The summed E-state index contributed by atoms with van der Waals surface area (Å²) in [6.07, 6.45) is 1.69. The predicted molar refractivity (Wildman–Crippen MR) is 82.9 cm³/mol. The van der Waals surface area contributed by atoms with Gasteiger partial charge in [-0.05, 0) is 37.3 Å². The van der Waals surface area contributed by atoms with Crippen molar-refractivity contribution in [2.24, 2.45) is 0 Å². The summed E-state index contributed by atoms with van der Waals surface area (Å²) in [7, 11) is 0. The molecule has 3 nitrogen and oxygen atoms in total. The van der Waals surface area contributed by atoms with Crippen molar-refractivity contribution in [2.75, 3.05) is 6.54 Å². The average molecular weight is 298 g/mol. The Labute approximate surface area is 123 Å². The van der Waals surface area contributed by atoms with Crippen LogP contribution < -0.4 is 10.6 Å². The lowest BCUT2D eigenvalue weighted by Gasteiger charge is -2.27. The molecule has 1 aliphatic heterocycles. The standard InChI is InChI=1S/C14H22N2OS2/c1-9(2)16-13(17)4-6-15-12-8-10(3)19-14-11(12)5-7-18-14/h5,7,9-10,12,15H,4,6,8H2,1-3H3,(H,16,17)/t10-,12?/m0/s1. The van der Waals surface area contributed by atoms with Crippen molar-refractivity contribution in [1.29, 1.82) is 0 Å². The number of rotatable bonds is 5. The lowest BCUT2D eigenvalue weighted by Crippen LogP contribution is -2.34. The number of amides is 1. The highest BCUT2D eigenvalue weighted by Crippen LogP contribution is 2.43. The quantitative estimate of drug-likeness (QED) is 0.877. The first kappa shape index (κ1) is 14.9. The molecular formula is C14H22N2OS2. The molecule has 1 aromatic rings. The zero-order valence-corrected chi connectivity index (χ0v) is 13.4. The molecule has 0 saturated heterocycles. The molecule has 19 heavy (non-hydrogen) atoms. The van der Waals surface area contributed by atoms with E-state index in [1.165, 1.54) is 9.77 Å². The minimum atomic E-state index is 0.131. The summed E-state index contributed by atoms with van der Waals surface area (Å²) < 4.78 is 1.43. The SMILES string of the molecule is CC(C)NC(=O)CCNC1C[C@H](C)Sc2sccc21. The summed E-state index contributed by atoms with van der Waals surface area (Å²) in [5, 5.41) is 9.26. The van der Waals surface area contributed by atoms with Crippen LogP contribution in [0.3, 0.4) is 0 Å². The van der Waals surface area contributed by atoms with Crippen LogP contribution in [0.5, 0.6) is 0 Å². The normalized spacial score (nSPS) is 22.3. The van der Waals surface area contributed by atoms with Gasteiger partial charge in [-0.2, -0.15) is 0 Å². The van der Waals surface area contributed by atoms with Gasteiger partial charge in [-0.1, -0.05) is 6.92 Å². The van der Waals surface area contributed by atoms with E-state index in [4.69, 9.17) is 0 Å². The lowest BCUT2D eigenvalue weighted by molar-refractivity contribution is -0.121. The highest BCUT2D eigenvalue weighted by Gasteiger charge is 2.25. The molecule has 0 aromatic carbocycles. The Bertz CT molecular complexity index is 431. The second-order valence-corrected chi connectivity index (χ2v) is 7.93. The zero-order chi connectivity index (χ0) is 13.8. The highest BCUT2D eigenvalue weighted by molar-refractivity contribution is 8.01. The average Bonchev–Trinajstić information content (AvgIpc) is 2.75. The molecule has 0 radical (unpaired) electrons. The van der Waals surface area contributed by atoms with Gasteiger partial charge in [0.1, 0.15) is 0 Å². The van der Waals surface area contributed by atoms with Gasteiger partial charge in [0.2, 0.25) is 5.91 Å². The summed E-state index contributed by atoms with van der Waals surface area (Å²) >= 11 is 3.79. The second-order valence-electron chi connectivity index (χ2n) is 5.31. The van der Waals surface area contributed by atoms with Crippen LogP contribution in [0.2, 0.25) is 0 Å². The number of thiophene rings is 1. The molecule has 1 aromatic heterocycles. The van der Waals surface area contributed by atoms with Crippen LogP contribution in [-0.4, -0.2) is 23.7 Å². The van der Waals surface area contributed by atoms with E-state index in [1.807, 2.05) is 36.9 Å². The van der Waals surface area contributed by atoms with Crippen molar-refractivity contribution in [2.45, 2.75) is 55.2 Å². The fourth-order valence-corrected chi connectivity index (χ4v) is 4.86. The first-order valence-corrected chi connectivity index (χ1v) is 8.59. The maximum atomic E-state index is 11.6. The minimum Gasteiger partial charge on any atom is -0.354 e. The highest BCUT2D eigenvalue weighted by atomic mass is 32.2. The van der Waals surface area contributed by atoms with Gasteiger partial charge >= 0.3 is 0 Å². The molecule has 0 bridgehead atoms. The Morgan fingerprint density at radius 1 is 1.53 bits per heavy atom. The maximum absolute atomic E-state index is 11.6. The third kappa shape index (κ3) is 4.23. The van der Waals surface area contributed by atoms with E-state index in [-0.39, 0.29) is 11.9 Å². The smallest absolute Gasteiger partial charge is 0.221 e.